The van der Waals surface area contributed by atoms with Gasteiger partial charge < -0.3 is 20.1 Å². The largest absolute Gasteiger partial charge is 0.481 e. The number of nitrogens with one attached hydrogen (secondary N) is 1. The molecular formula is C24H30N2O2. The summed E-state index contributed by atoms with van der Waals surface area (Å²) in [6, 6.07) is 18.0. The zero-order chi connectivity index (χ0) is 19.6. The predicted octanol–water partition coefficient (Wildman–Crippen LogP) is 3.23. The number of rotatable bonds is 9. The Morgan fingerprint density at radius 1 is 1.11 bits per heavy atom. The Bertz CT molecular complexity index is 749. The van der Waals surface area contributed by atoms with Gasteiger partial charge in [0.2, 0.25) is 0 Å². The molecular weight excluding hydrogens is 348 g/mol. The smallest absolute Gasteiger partial charge is 0.148 e. The summed E-state index contributed by atoms with van der Waals surface area (Å²) in [7, 11) is 0. The van der Waals surface area contributed by atoms with Crippen molar-refractivity contribution < 1.29 is 9.84 Å². The van der Waals surface area contributed by atoms with E-state index in [4.69, 9.17) is 11.2 Å². The first kappa shape index (κ1) is 20.4. The quantitative estimate of drug-likeness (QED) is 0.658. The molecule has 148 valence electrons. The van der Waals surface area contributed by atoms with Crippen LogP contribution in [0.1, 0.15) is 30.1 Å². The van der Waals surface area contributed by atoms with Crippen molar-refractivity contribution in [2.45, 2.75) is 25.5 Å². The molecule has 1 atom stereocenters. The standard InChI is InChI=1S/C24H30N2O2/c1-2-16-28-24-11-7-6-10-22(24)18-25-17-20-12-14-26(15-13-20)19-23(27)21-8-4-3-5-9-21/h1,3-11,20,23,25,27H,12-19H2. The van der Waals surface area contributed by atoms with Gasteiger partial charge >= 0.3 is 0 Å². The van der Waals surface area contributed by atoms with Crippen LogP contribution in [0.3, 0.4) is 0 Å². The molecule has 3 rings (SSSR count). The molecule has 0 spiro atoms. The number of hydrogen-bond acceptors (Lipinski definition) is 4. The molecule has 2 aromatic rings. The summed E-state index contributed by atoms with van der Waals surface area (Å²) in [5, 5.41) is 14.0. The fraction of sp³-hybridized carbons (Fsp3) is 0.417. The van der Waals surface area contributed by atoms with E-state index >= 15 is 0 Å². The van der Waals surface area contributed by atoms with Crippen LogP contribution >= 0.6 is 0 Å². The summed E-state index contributed by atoms with van der Waals surface area (Å²) in [5.41, 5.74) is 2.14. The molecule has 2 N–H and O–H groups in total. The molecule has 28 heavy (non-hydrogen) atoms. The number of benzene rings is 2. The van der Waals surface area contributed by atoms with E-state index in [1.807, 2.05) is 48.5 Å². The van der Waals surface area contributed by atoms with Crippen molar-refractivity contribution in [1.29, 1.82) is 0 Å². The molecule has 1 unspecified atom stereocenters. The third-order valence-electron chi connectivity index (χ3n) is 5.35. The van der Waals surface area contributed by atoms with Crippen molar-refractivity contribution in [2.75, 3.05) is 32.8 Å². The van der Waals surface area contributed by atoms with Crippen LogP contribution in [0.5, 0.6) is 5.75 Å². The van der Waals surface area contributed by atoms with E-state index in [-0.39, 0.29) is 0 Å². The third-order valence-corrected chi connectivity index (χ3v) is 5.35. The highest BCUT2D eigenvalue weighted by atomic mass is 16.5. The highest BCUT2D eigenvalue weighted by Gasteiger charge is 2.21. The Morgan fingerprint density at radius 3 is 2.57 bits per heavy atom. The molecule has 1 aliphatic rings. The zero-order valence-electron chi connectivity index (χ0n) is 16.4. The van der Waals surface area contributed by atoms with Gasteiger partial charge in [-0.2, -0.15) is 0 Å². The highest BCUT2D eigenvalue weighted by Crippen LogP contribution is 2.21. The van der Waals surface area contributed by atoms with E-state index in [1.165, 1.54) is 0 Å². The second-order valence-corrected chi connectivity index (χ2v) is 7.40. The first-order valence-corrected chi connectivity index (χ1v) is 10.1. The molecule has 0 saturated carbocycles. The molecule has 0 radical (unpaired) electrons. The molecule has 1 aliphatic heterocycles. The first-order valence-electron chi connectivity index (χ1n) is 10.1. The Labute approximate surface area is 168 Å². The van der Waals surface area contributed by atoms with Crippen molar-refractivity contribution in [3.05, 3.63) is 65.7 Å². The van der Waals surface area contributed by atoms with Crippen molar-refractivity contribution in [3.8, 4) is 18.1 Å². The van der Waals surface area contributed by atoms with E-state index in [1.54, 1.807) is 0 Å². The lowest BCUT2D eigenvalue weighted by molar-refractivity contribution is 0.0891. The Morgan fingerprint density at radius 2 is 1.82 bits per heavy atom. The highest BCUT2D eigenvalue weighted by molar-refractivity contribution is 5.33. The van der Waals surface area contributed by atoms with Crippen LogP contribution in [-0.2, 0) is 6.54 Å². The number of likely N-dealkylation sites (tertiary alicyclic amines) is 1. The van der Waals surface area contributed by atoms with Crippen molar-refractivity contribution in [3.63, 3.8) is 0 Å². The van der Waals surface area contributed by atoms with Crippen LogP contribution in [0.25, 0.3) is 0 Å². The minimum atomic E-state index is -0.407. The summed E-state index contributed by atoms with van der Waals surface area (Å²) >= 11 is 0. The molecule has 4 nitrogen and oxygen atoms in total. The number of aliphatic hydroxyl groups excluding tert-OH is 1. The van der Waals surface area contributed by atoms with Crippen LogP contribution in [0, 0.1) is 18.3 Å². The van der Waals surface area contributed by atoms with Crippen LogP contribution in [-0.4, -0.2) is 42.8 Å². The van der Waals surface area contributed by atoms with E-state index in [9.17, 15) is 5.11 Å². The molecule has 1 fully saturated rings. The summed E-state index contributed by atoms with van der Waals surface area (Å²) < 4.78 is 5.61. The van der Waals surface area contributed by atoms with Gasteiger partial charge in [-0.3, -0.25) is 0 Å². The maximum atomic E-state index is 10.4. The van der Waals surface area contributed by atoms with E-state index in [0.29, 0.717) is 19.1 Å². The molecule has 1 heterocycles. The van der Waals surface area contributed by atoms with Gasteiger partial charge in [0.05, 0.1) is 6.10 Å². The third kappa shape index (κ3) is 6.10. The lowest BCUT2D eigenvalue weighted by Gasteiger charge is -2.33. The second kappa shape index (κ2) is 10.9. The fourth-order valence-electron chi connectivity index (χ4n) is 3.72. The SMILES string of the molecule is C#CCOc1ccccc1CNCC1CCN(CC(O)c2ccccc2)CC1. The lowest BCUT2D eigenvalue weighted by atomic mass is 9.96. The molecule has 2 aromatic carbocycles. The minimum Gasteiger partial charge on any atom is -0.481 e. The normalized spacial score (nSPS) is 16.4. The Hall–Kier alpha value is -2.32. The lowest BCUT2D eigenvalue weighted by Crippen LogP contribution is -2.39. The van der Waals surface area contributed by atoms with E-state index < -0.39 is 6.10 Å². The van der Waals surface area contributed by atoms with Gasteiger partial charge in [0, 0.05) is 18.7 Å². The van der Waals surface area contributed by atoms with Gasteiger partial charge in [-0.25, -0.2) is 0 Å². The molecule has 0 aliphatic carbocycles. The summed E-state index contributed by atoms with van der Waals surface area (Å²) in [5.74, 6) is 4.04. The number of β-amino-alcohol motifs (C(OH)–C–C–N with tert-alkyl or cyclic N) is 1. The number of para-hydroxylation sites is 1. The Balaban J connectivity index is 1.38. The van der Waals surface area contributed by atoms with Crippen LogP contribution < -0.4 is 10.1 Å². The van der Waals surface area contributed by atoms with Gasteiger partial charge in [-0.15, -0.1) is 6.42 Å². The number of terminal acetylenes is 1. The van der Waals surface area contributed by atoms with E-state index in [2.05, 4.69) is 22.2 Å². The topological polar surface area (TPSA) is 44.7 Å². The van der Waals surface area contributed by atoms with E-state index in [0.717, 1.165) is 55.9 Å². The number of hydrogen-bond donors (Lipinski definition) is 2. The average molecular weight is 379 g/mol. The zero-order valence-corrected chi connectivity index (χ0v) is 16.4. The van der Waals surface area contributed by atoms with Crippen LogP contribution in [0.2, 0.25) is 0 Å². The van der Waals surface area contributed by atoms with Crippen molar-refractivity contribution in [1.82, 2.24) is 10.2 Å². The summed E-state index contributed by atoms with van der Waals surface area (Å²) in [6.07, 6.45) is 7.19. The van der Waals surface area contributed by atoms with Gasteiger partial charge in [-0.1, -0.05) is 54.5 Å². The maximum Gasteiger partial charge on any atom is 0.148 e. The fourth-order valence-corrected chi connectivity index (χ4v) is 3.72. The second-order valence-electron chi connectivity index (χ2n) is 7.40. The first-order chi connectivity index (χ1) is 13.8. The van der Waals surface area contributed by atoms with Crippen LogP contribution in [0.4, 0.5) is 0 Å². The number of piperidine rings is 1. The molecule has 4 heteroatoms. The van der Waals surface area contributed by atoms with Gasteiger partial charge in [0.15, 0.2) is 0 Å². The van der Waals surface area contributed by atoms with Crippen molar-refractivity contribution in [2.24, 2.45) is 5.92 Å². The minimum absolute atomic E-state index is 0.296. The summed E-state index contributed by atoms with van der Waals surface area (Å²) in [6.45, 7) is 4.87. The molecule has 0 bridgehead atoms. The Kier molecular flexibility index (Phi) is 7.93. The van der Waals surface area contributed by atoms with Gasteiger partial charge in [-0.05, 0) is 50.0 Å². The number of aliphatic hydroxyl groups is 1. The van der Waals surface area contributed by atoms with Gasteiger partial charge in [0.1, 0.15) is 12.4 Å². The van der Waals surface area contributed by atoms with Crippen molar-refractivity contribution >= 4 is 0 Å². The number of nitrogens with zero attached hydrogens (tertiary/aromatic N) is 1. The molecule has 1 saturated heterocycles. The summed E-state index contributed by atoms with van der Waals surface area (Å²) in [4.78, 5) is 2.37. The molecule has 0 aromatic heterocycles. The van der Waals surface area contributed by atoms with Gasteiger partial charge in [0.25, 0.3) is 0 Å². The monoisotopic (exact) mass is 378 g/mol. The predicted molar refractivity (Wildman–Crippen MR) is 113 cm³/mol. The maximum absolute atomic E-state index is 10.4. The van der Waals surface area contributed by atoms with Crippen LogP contribution in [0.15, 0.2) is 54.6 Å². The molecule has 0 amide bonds. The average Bonchev–Trinajstić information content (AvgIpc) is 2.75. The number of ether oxygens (including phenoxy) is 1.